The predicted octanol–water partition coefficient (Wildman–Crippen LogP) is 5.61. The molecular formula is C30H28ClFN6O2. The number of nitrogens with zero attached hydrogens (tertiary/aromatic N) is 3. The third-order valence-electron chi connectivity index (χ3n) is 7.14. The molecule has 0 saturated carbocycles. The average Bonchev–Trinajstić information content (AvgIpc) is 3.58. The van der Waals surface area contributed by atoms with E-state index in [9.17, 15) is 14.0 Å². The lowest BCUT2D eigenvalue weighted by atomic mass is 10.1. The molecule has 8 nitrogen and oxygen atoms in total. The number of carbonyl (C=O) groups is 1. The van der Waals surface area contributed by atoms with E-state index >= 15 is 0 Å². The molecule has 1 aliphatic rings. The largest absolute Gasteiger partial charge is 0.354 e. The molecule has 3 aromatic heterocycles. The number of likely N-dealkylation sites (tertiary alicyclic amines) is 1. The van der Waals surface area contributed by atoms with E-state index in [0.717, 1.165) is 35.0 Å². The van der Waals surface area contributed by atoms with Crippen molar-refractivity contribution in [3.05, 3.63) is 105 Å². The van der Waals surface area contributed by atoms with E-state index < -0.39 is 6.17 Å². The number of benzene rings is 2. The summed E-state index contributed by atoms with van der Waals surface area (Å²) in [5.41, 5.74) is 4.62. The Kier molecular flexibility index (Phi) is 7.23. The highest BCUT2D eigenvalue weighted by atomic mass is 35.5. The lowest BCUT2D eigenvalue weighted by molar-refractivity contribution is 0.102. The minimum absolute atomic E-state index is 0.275. The summed E-state index contributed by atoms with van der Waals surface area (Å²) in [6.07, 6.45) is 5.40. The van der Waals surface area contributed by atoms with Gasteiger partial charge in [-0.05, 0) is 66.9 Å². The molecule has 0 spiro atoms. The Hall–Kier alpha value is -4.21. The quantitative estimate of drug-likeness (QED) is 0.242. The number of aromatic amines is 2. The minimum atomic E-state index is -0.763. The lowest BCUT2D eigenvalue weighted by Gasteiger charge is -2.28. The topological polar surface area (TPSA) is 98.8 Å². The lowest BCUT2D eigenvalue weighted by Crippen LogP contribution is -2.35. The van der Waals surface area contributed by atoms with Crippen molar-refractivity contribution in [2.45, 2.75) is 32.1 Å². The Balaban J connectivity index is 1.17. The van der Waals surface area contributed by atoms with Gasteiger partial charge in [-0.15, -0.1) is 0 Å². The number of pyridine rings is 1. The van der Waals surface area contributed by atoms with Crippen LogP contribution in [0.25, 0.3) is 22.2 Å². The van der Waals surface area contributed by atoms with Crippen LogP contribution in [0.2, 0.25) is 5.02 Å². The fourth-order valence-corrected chi connectivity index (χ4v) is 5.26. The van der Waals surface area contributed by atoms with Crippen LogP contribution in [0, 0.1) is 0 Å². The SMILES string of the molecule is O=C(Nc1c[nH]c(=O)c(-c2cc3cc(CN4CCCC(F)C4)ccc3[nH]2)c1)c1cnn(Cc2ccc(Cl)cc2)c1. The number of alkyl halides is 1. The summed E-state index contributed by atoms with van der Waals surface area (Å²) in [5, 5.41) is 8.75. The van der Waals surface area contributed by atoms with Crippen molar-refractivity contribution in [1.82, 2.24) is 24.6 Å². The smallest absolute Gasteiger partial charge is 0.258 e. The molecule has 6 rings (SSSR count). The number of hydrogen-bond donors (Lipinski definition) is 3. The Morgan fingerprint density at radius 1 is 1.10 bits per heavy atom. The number of anilines is 1. The molecule has 1 amide bonds. The third kappa shape index (κ3) is 5.85. The van der Waals surface area contributed by atoms with Gasteiger partial charge in [0.2, 0.25) is 0 Å². The zero-order valence-corrected chi connectivity index (χ0v) is 22.4. The highest BCUT2D eigenvalue weighted by molar-refractivity contribution is 6.30. The van der Waals surface area contributed by atoms with E-state index in [-0.39, 0.29) is 11.5 Å². The summed E-state index contributed by atoms with van der Waals surface area (Å²) in [4.78, 5) is 33.8. The van der Waals surface area contributed by atoms with Gasteiger partial charge in [-0.2, -0.15) is 5.10 Å². The van der Waals surface area contributed by atoms with E-state index in [1.165, 1.54) is 12.4 Å². The number of H-pyrrole nitrogens is 2. The summed E-state index contributed by atoms with van der Waals surface area (Å²) in [6.45, 7) is 2.56. The summed E-state index contributed by atoms with van der Waals surface area (Å²) < 4.78 is 15.5. The first-order valence-electron chi connectivity index (χ1n) is 13.2. The van der Waals surface area contributed by atoms with Gasteiger partial charge in [0.05, 0.1) is 35.2 Å². The van der Waals surface area contributed by atoms with Crippen LogP contribution in [0.1, 0.15) is 34.3 Å². The van der Waals surface area contributed by atoms with Crippen molar-refractivity contribution in [3.63, 3.8) is 0 Å². The fourth-order valence-electron chi connectivity index (χ4n) is 5.13. The first-order valence-corrected chi connectivity index (χ1v) is 13.6. The molecule has 0 radical (unpaired) electrons. The van der Waals surface area contributed by atoms with E-state index in [1.807, 2.05) is 42.5 Å². The second-order valence-electron chi connectivity index (χ2n) is 10.2. The van der Waals surface area contributed by atoms with Crippen molar-refractivity contribution in [1.29, 1.82) is 0 Å². The summed E-state index contributed by atoms with van der Waals surface area (Å²) >= 11 is 5.95. The molecule has 2 aromatic carbocycles. The summed E-state index contributed by atoms with van der Waals surface area (Å²) in [5.74, 6) is -0.338. The molecule has 40 heavy (non-hydrogen) atoms. The molecule has 1 atom stereocenters. The van der Waals surface area contributed by atoms with Gasteiger partial charge in [0, 0.05) is 41.4 Å². The normalized spacial score (nSPS) is 15.9. The van der Waals surface area contributed by atoms with E-state index in [4.69, 9.17) is 11.6 Å². The molecule has 1 saturated heterocycles. The summed E-state index contributed by atoms with van der Waals surface area (Å²) in [6, 6.07) is 17.1. The number of halogens is 2. The summed E-state index contributed by atoms with van der Waals surface area (Å²) in [7, 11) is 0. The van der Waals surface area contributed by atoms with Gasteiger partial charge in [-0.3, -0.25) is 19.2 Å². The second kappa shape index (κ2) is 11.1. The van der Waals surface area contributed by atoms with Crippen LogP contribution in [-0.4, -0.2) is 49.8 Å². The van der Waals surface area contributed by atoms with Crippen molar-refractivity contribution < 1.29 is 9.18 Å². The molecule has 0 bridgehead atoms. The number of fused-ring (bicyclic) bond motifs is 1. The zero-order chi connectivity index (χ0) is 27.6. The molecule has 1 aliphatic heterocycles. The molecule has 204 valence electrons. The van der Waals surface area contributed by atoms with Crippen molar-refractivity contribution in [2.75, 3.05) is 18.4 Å². The number of nitrogens with one attached hydrogen (secondary N) is 3. The Morgan fingerprint density at radius 2 is 1.93 bits per heavy atom. The first kappa shape index (κ1) is 26.0. The molecule has 4 heterocycles. The maximum absolute atomic E-state index is 13.8. The maximum Gasteiger partial charge on any atom is 0.258 e. The van der Waals surface area contributed by atoms with Gasteiger partial charge in [0.1, 0.15) is 6.17 Å². The molecule has 1 fully saturated rings. The van der Waals surface area contributed by atoms with Crippen LogP contribution in [0.4, 0.5) is 10.1 Å². The Labute approximate surface area is 234 Å². The molecule has 1 unspecified atom stereocenters. The first-order chi connectivity index (χ1) is 19.4. The molecule has 10 heteroatoms. The van der Waals surface area contributed by atoms with Gasteiger partial charge in [-0.1, -0.05) is 29.8 Å². The maximum atomic E-state index is 13.8. The van der Waals surface area contributed by atoms with Gasteiger partial charge in [0.25, 0.3) is 11.5 Å². The number of carbonyl (C=O) groups excluding carboxylic acids is 1. The van der Waals surface area contributed by atoms with Crippen LogP contribution in [0.5, 0.6) is 0 Å². The van der Waals surface area contributed by atoms with Crippen molar-refractivity contribution >= 4 is 34.1 Å². The van der Waals surface area contributed by atoms with Crippen molar-refractivity contribution in [3.8, 4) is 11.3 Å². The van der Waals surface area contributed by atoms with Gasteiger partial charge in [-0.25, -0.2) is 4.39 Å². The fraction of sp³-hybridized carbons (Fsp3) is 0.233. The second-order valence-corrected chi connectivity index (χ2v) is 10.7. The van der Waals surface area contributed by atoms with Crippen LogP contribution >= 0.6 is 11.6 Å². The number of rotatable bonds is 7. The van der Waals surface area contributed by atoms with Gasteiger partial charge < -0.3 is 15.3 Å². The molecule has 5 aromatic rings. The average molecular weight is 559 g/mol. The standard InChI is InChI=1S/C30H28ClFN6O2/c31-23-6-3-19(4-7-23)16-38-17-22(13-34-38)29(39)35-25-12-26(30(40)33-14-25)28-11-21-10-20(5-8-27(21)36-28)15-37-9-1-2-24(32)18-37/h3-8,10-14,17,24,36H,1-2,9,15-16,18H2,(H,33,40)(H,35,39). The third-order valence-corrected chi connectivity index (χ3v) is 7.40. The van der Waals surface area contributed by atoms with Crippen LogP contribution in [0.15, 0.2) is 78.0 Å². The number of amides is 1. The highest BCUT2D eigenvalue weighted by Gasteiger charge is 2.19. The molecule has 0 aliphatic carbocycles. The Morgan fingerprint density at radius 3 is 2.75 bits per heavy atom. The zero-order valence-electron chi connectivity index (χ0n) is 21.7. The minimum Gasteiger partial charge on any atom is -0.354 e. The van der Waals surface area contributed by atoms with E-state index in [0.29, 0.717) is 53.6 Å². The van der Waals surface area contributed by atoms with E-state index in [1.54, 1.807) is 16.9 Å². The molecular weight excluding hydrogens is 531 g/mol. The molecule has 3 N–H and O–H groups in total. The van der Waals surface area contributed by atoms with Crippen molar-refractivity contribution in [2.24, 2.45) is 0 Å². The predicted molar refractivity (Wildman–Crippen MR) is 154 cm³/mol. The van der Waals surface area contributed by atoms with Crippen LogP contribution < -0.4 is 10.9 Å². The van der Waals surface area contributed by atoms with E-state index in [2.05, 4.69) is 31.3 Å². The van der Waals surface area contributed by atoms with Gasteiger partial charge >= 0.3 is 0 Å². The number of aromatic nitrogens is 4. The number of piperidine rings is 1. The van der Waals surface area contributed by atoms with Gasteiger partial charge in [0.15, 0.2) is 0 Å². The number of hydrogen-bond acceptors (Lipinski definition) is 4. The Bertz CT molecular complexity index is 1720. The monoisotopic (exact) mass is 558 g/mol. The van der Waals surface area contributed by atoms with Crippen LogP contribution in [-0.2, 0) is 13.1 Å². The van der Waals surface area contributed by atoms with Crippen LogP contribution in [0.3, 0.4) is 0 Å². The highest BCUT2D eigenvalue weighted by Crippen LogP contribution is 2.26.